The van der Waals surface area contributed by atoms with E-state index in [0.29, 0.717) is 25.3 Å². The third-order valence-corrected chi connectivity index (χ3v) is 5.84. The van der Waals surface area contributed by atoms with Crippen molar-refractivity contribution in [3.05, 3.63) is 22.2 Å². The Morgan fingerprint density at radius 2 is 1.69 bits per heavy atom. The molecule has 0 radical (unpaired) electrons. The van der Waals surface area contributed by atoms with Gasteiger partial charge >= 0.3 is 12.1 Å². The molecule has 1 fully saturated rings. The van der Waals surface area contributed by atoms with Crippen LogP contribution in [-0.2, 0) is 20.7 Å². The smallest absolute Gasteiger partial charge is 0.407 e. The molecule has 1 aliphatic rings. The molecule has 1 aromatic rings. The van der Waals surface area contributed by atoms with Gasteiger partial charge in [0.15, 0.2) is 0 Å². The summed E-state index contributed by atoms with van der Waals surface area (Å²) in [6, 6.07) is 3.72. The molecule has 0 spiro atoms. The fourth-order valence-corrected chi connectivity index (χ4v) is 4.06. The van der Waals surface area contributed by atoms with Gasteiger partial charge in [0.2, 0.25) is 0 Å². The van der Waals surface area contributed by atoms with Crippen LogP contribution < -0.4 is 14.8 Å². The zero-order chi connectivity index (χ0) is 21.3. The summed E-state index contributed by atoms with van der Waals surface area (Å²) in [7, 11) is 3.20. The second-order valence-corrected chi connectivity index (χ2v) is 8.25. The van der Waals surface area contributed by atoms with Crippen LogP contribution in [0.25, 0.3) is 0 Å². The number of halogens is 1. The normalized spacial score (nSPS) is 15.3. The number of ether oxygens (including phenoxy) is 4. The van der Waals surface area contributed by atoms with Gasteiger partial charge in [-0.1, -0.05) is 19.3 Å². The van der Waals surface area contributed by atoms with Crippen molar-refractivity contribution in [1.82, 2.24) is 5.32 Å². The number of rotatable bonds is 9. The number of carbonyl (C=O) groups excluding carboxylic acids is 2. The molecular weight excluding hydrogens is 442 g/mol. The maximum atomic E-state index is 12.2. The van der Waals surface area contributed by atoms with Crippen LogP contribution in [0, 0.1) is 5.41 Å². The summed E-state index contributed by atoms with van der Waals surface area (Å²) in [5.74, 6) is 1.11. The van der Waals surface area contributed by atoms with Crippen molar-refractivity contribution in [3.8, 4) is 11.5 Å². The first-order valence-electron chi connectivity index (χ1n) is 9.83. The van der Waals surface area contributed by atoms with Crippen LogP contribution in [0.3, 0.4) is 0 Å². The highest BCUT2D eigenvalue weighted by Gasteiger charge is 2.35. The second-order valence-electron chi connectivity index (χ2n) is 7.39. The zero-order valence-electron chi connectivity index (χ0n) is 17.3. The molecule has 2 rings (SSSR count). The van der Waals surface area contributed by atoms with Gasteiger partial charge < -0.3 is 24.3 Å². The number of esters is 1. The van der Waals surface area contributed by atoms with Gasteiger partial charge in [-0.15, -0.1) is 0 Å². The number of hydrogen-bond acceptors (Lipinski definition) is 6. The van der Waals surface area contributed by atoms with E-state index in [9.17, 15) is 9.59 Å². The van der Waals surface area contributed by atoms with Gasteiger partial charge in [0.25, 0.3) is 0 Å². The largest absolute Gasteiger partial charge is 0.496 e. The SMILES string of the molecule is COc1cc(CCNC(=O)OCC2(COC(C)=O)CCCCC2)c(OC)cc1Br. The number of carbonyl (C=O) groups is 2. The lowest BCUT2D eigenvalue weighted by atomic mass is 9.75. The van der Waals surface area contributed by atoms with E-state index in [1.807, 2.05) is 12.1 Å². The third-order valence-electron chi connectivity index (χ3n) is 5.22. The first-order chi connectivity index (χ1) is 13.9. The lowest BCUT2D eigenvalue weighted by Crippen LogP contribution is -2.38. The van der Waals surface area contributed by atoms with Gasteiger partial charge in [0.1, 0.15) is 24.7 Å². The Bertz CT molecular complexity index is 703. The molecule has 1 saturated carbocycles. The van der Waals surface area contributed by atoms with Crippen molar-refractivity contribution in [2.24, 2.45) is 5.41 Å². The quantitative estimate of drug-likeness (QED) is 0.542. The molecule has 0 atom stereocenters. The number of benzene rings is 1. The molecule has 1 N–H and O–H groups in total. The summed E-state index contributed by atoms with van der Waals surface area (Å²) < 4.78 is 22.2. The minimum atomic E-state index is -0.471. The highest BCUT2D eigenvalue weighted by molar-refractivity contribution is 9.10. The van der Waals surface area contributed by atoms with Crippen molar-refractivity contribution < 1.29 is 28.5 Å². The summed E-state index contributed by atoms with van der Waals surface area (Å²) in [6.45, 7) is 2.35. The molecule has 29 heavy (non-hydrogen) atoms. The predicted octanol–water partition coefficient (Wildman–Crippen LogP) is 4.25. The highest BCUT2D eigenvalue weighted by atomic mass is 79.9. The maximum Gasteiger partial charge on any atom is 0.407 e. The topological polar surface area (TPSA) is 83.1 Å². The Morgan fingerprint density at radius 3 is 2.31 bits per heavy atom. The Balaban J connectivity index is 1.85. The zero-order valence-corrected chi connectivity index (χ0v) is 18.9. The summed E-state index contributed by atoms with van der Waals surface area (Å²) in [5.41, 5.74) is 0.648. The molecule has 7 nitrogen and oxygen atoms in total. The standard InChI is InChI=1S/C21H30BrNO6/c1-15(24)28-13-21(8-5-4-6-9-21)14-29-20(25)23-10-7-16-11-19(27-3)17(22)12-18(16)26-2/h11-12H,4-10,13-14H2,1-3H3,(H,23,25). The Kier molecular flexibility index (Phi) is 9.07. The highest BCUT2D eigenvalue weighted by Crippen LogP contribution is 2.37. The van der Waals surface area contributed by atoms with Gasteiger partial charge in [-0.25, -0.2) is 4.79 Å². The van der Waals surface area contributed by atoms with Gasteiger partial charge in [0, 0.05) is 18.9 Å². The fourth-order valence-electron chi connectivity index (χ4n) is 3.57. The molecule has 0 aliphatic heterocycles. The van der Waals surface area contributed by atoms with Crippen LogP contribution in [-0.4, -0.2) is 46.0 Å². The van der Waals surface area contributed by atoms with E-state index >= 15 is 0 Å². The first kappa shape index (κ1) is 23.3. The average Bonchev–Trinajstić information content (AvgIpc) is 2.72. The molecule has 162 valence electrons. The number of alkyl carbamates (subject to hydrolysis) is 1. The monoisotopic (exact) mass is 471 g/mol. The molecule has 1 aromatic carbocycles. The Hall–Kier alpha value is -1.96. The summed E-state index contributed by atoms with van der Waals surface area (Å²) in [4.78, 5) is 23.4. The van der Waals surface area contributed by atoms with Crippen LogP contribution in [0.1, 0.15) is 44.6 Å². The number of methoxy groups -OCH3 is 2. The summed E-state index contributed by atoms with van der Waals surface area (Å²) in [5, 5.41) is 2.78. The number of hydrogen-bond donors (Lipinski definition) is 1. The van der Waals surface area contributed by atoms with E-state index in [-0.39, 0.29) is 18.0 Å². The molecule has 1 aliphatic carbocycles. The molecule has 0 unspecified atom stereocenters. The predicted molar refractivity (Wildman–Crippen MR) is 112 cm³/mol. The van der Waals surface area contributed by atoms with Crippen molar-refractivity contribution in [1.29, 1.82) is 0 Å². The maximum absolute atomic E-state index is 12.2. The lowest BCUT2D eigenvalue weighted by Gasteiger charge is -2.35. The number of nitrogens with one attached hydrogen (secondary N) is 1. The molecule has 0 saturated heterocycles. The lowest BCUT2D eigenvalue weighted by molar-refractivity contribution is -0.146. The van der Waals surface area contributed by atoms with Crippen LogP contribution in [0.15, 0.2) is 16.6 Å². The van der Waals surface area contributed by atoms with Crippen molar-refractivity contribution >= 4 is 28.0 Å². The Morgan fingerprint density at radius 1 is 1.03 bits per heavy atom. The van der Waals surface area contributed by atoms with Crippen LogP contribution >= 0.6 is 15.9 Å². The molecule has 1 amide bonds. The van der Waals surface area contributed by atoms with E-state index < -0.39 is 6.09 Å². The minimum absolute atomic E-state index is 0.252. The van der Waals surface area contributed by atoms with Gasteiger partial charge in [-0.2, -0.15) is 0 Å². The van der Waals surface area contributed by atoms with Gasteiger partial charge in [-0.3, -0.25) is 4.79 Å². The number of amides is 1. The van der Waals surface area contributed by atoms with Crippen molar-refractivity contribution in [2.45, 2.75) is 45.4 Å². The van der Waals surface area contributed by atoms with E-state index in [0.717, 1.165) is 47.9 Å². The minimum Gasteiger partial charge on any atom is -0.496 e. The third kappa shape index (κ3) is 7.10. The molecule has 0 aromatic heterocycles. The van der Waals surface area contributed by atoms with Gasteiger partial charge in [0.05, 0.1) is 18.7 Å². The van der Waals surface area contributed by atoms with E-state index in [1.54, 1.807) is 14.2 Å². The first-order valence-corrected chi connectivity index (χ1v) is 10.6. The van der Waals surface area contributed by atoms with E-state index in [4.69, 9.17) is 18.9 Å². The second kappa shape index (κ2) is 11.3. The van der Waals surface area contributed by atoms with Crippen LogP contribution in [0.4, 0.5) is 4.79 Å². The van der Waals surface area contributed by atoms with Gasteiger partial charge in [-0.05, 0) is 52.9 Å². The van der Waals surface area contributed by atoms with Crippen LogP contribution in [0.2, 0.25) is 0 Å². The molecule has 0 bridgehead atoms. The van der Waals surface area contributed by atoms with Crippen LogP contribution in [0.5, 0.6) is 11.5 Å². The van der Waals surface area contributed by atoms with E-state index in [2.05, 4.69) is 21.2 Å². The molecular formula is C21H30BrNO6. The Labute approximate surface area is 180 Å². The molecule has 8 heteroatoms. The van der Waals surface area contributed by atoms with Crippen molar-refractivity contribution in [3.63, 3.8) is 0 Å². The molecule has 0 heterocycles. The summed E-state index contributed by atoms with van der Waals surface area (Å²) in [6.07, 6.45) is 5.15. The van der Waals surface area contributed by atoms with Crippen molar-refractivity contribution in [2.75, 3.05) is 34.0 Å². The fraction of sp³-hybridized carbons (Fsp3) is 0.619. The van der Waals surface area contributed by atoms with E-state index in [1.165, 1.54) is 6.92 Å². The average molecular weight is 472 g/mol. The summed E-state index contributed by atoms with van der Waals surface area (Å²) >= 11 is 3.43.